The zero-order valence-corrected chi connectivity index (χ0v) is 17.1. The van der Waals surface area contributed by atoms with E-state index in [4.69, 9.17) is 9.47 Å². The maximum absolute atomic E-state index is 12.3. The molecular weight excluding hydrogens is 382 g/mol. The van der Waals surface area contributed by atoms with E-state index in [0.29, 0.717) is 35.8 Å². The molecule has 1 fully saturated rings. The topological polar surface area (TPSA) is 47.6 Å². The van der Waals surface area contributed by atoms with E-state index in [1.54, 1.807) is 0 Å². The SMILES string of the molecule is CC(C)[C@@H]1CC[C@@H](C)C[C@H]1OCC(=O)Nc1ccccc1OCCBr. The molecule has 4 nitrogen and oxygen atoms in total. The van der Waals surface area contributed by atoms with Crippen LogP contribution in [0.1, 0.15) is 40.0 Å². The number of hydrogen-bond donors (Lipinski definition) is 1. The number of carbonyl (C=O) groups excluding carboxylic acids is 1. The van der Waals surface area contributed by atoms with E-state index in [2.05, 4.69) is 42.0 Å². The maximum atomic E-state index is 12.3. The summed E-state index contributed by atoms with van der Waals surface area (Å²) < 4.78 is 11.7. The Morgan fingerprint density at radius 1 is 1.32 bits per heavy atom. The van der Waals surface area contributed by atoms with Gasteiger partial charge in [-0.1, -0.05) is 55.3 Å². The average Bonchev–Trinajstić information content (AvgIpc) is 2.59. The molecule has 1 aromatic rings. The van der Waals surface area contributed by atoms with Gasteiger partial charge in [0.1, 0.15) is 12.4 Å². The van der Waals surface area contributed by atoms with Gasteiger partial charge in [0.25, 0.3) is 0 Å². The number of benzene rings is 1. The van der Waals surface area contributed by atoms with Crippen LogP contribution >= 0.6 is 15.9 Å². The van der Waals surface area contributed by atoms with Crippen molar-refractivity contribution in [3.8, 4) is 5.75 Å². The summed E-state index contributed by atoms with van der Waals surface area (Å²) in [4.78, 5) is 12.3. The third-order valence-electron chi connectivity index (χ3n) is 4.89. The molecule has 1 amide bonds. The van der Waals surface area contributed by atoms with E-state index in [9.17, 15) is 4.79 Å². The minimum Gasteiger partial charge on any atom is -0.491 e. The Kier molecular flexibility index (Phi) is 8.24. The minimum absolute atomic E-state index is 0.0907. The van der Waals surface area contributed by atoms with Crippen molar-refractivity contribution in [2.75, 3.05) is 23.9 Å². The van der Waals surface area contributed by atoms with Crippen LogP contribution in [0, 0.1) is 17.8 Å². The summed E-state index contributed by atoms with van der Waals surface area (Å²) in [6, 6.07) is 7.49. The molecule has 0 spiro atoms. The maximum Gasteiger partial charge on any atom is 0.250 e. The molecule has 140 valence electrons. The summed E-state index contributed by atoms with van der Waals surface area (Å²) in [7, 11) is 0. The van der Waals surface area contributed by atoms with Gasteiger partial charge >= 0.3 is 0 Å². The fourth-order valence-corrected chi connectivity index (χ4v) is 3.68. The molecule has 1 aliphatic carbocycles. The van der Waals surface area contributed by atoms with Gasteiger partial charge in [0.05, 0.1) is 18.4 Å². The Morgan fingerprint density at radius 2 is 2.08 bits per heavy atom. The number of para-hydroxylation sites is 2. The van der Waals surface area contributed by atoms with Crippen LogP contribution in [0.25, 0.3) is 0 Å². The Balaban J connectivity index is 1.89. The second kappa shape index (κ2) is 10.2. The van der Waals surface area contributed by atoms with Crippen LogP contribution in [0.3, 0.4) is 0 Å². The lowest BCUT2D eigenvalue weighted by atomic mass is 9.75. The number of nitrogens with one attached hydrogen (secondary N) is 1. The van der Waals surface area contributed by atoms with Crippen LogP contribution in [-0.2, 0) is 9.53 Å². The molecule has 1 aromatic carbocycles. The van der Waals surface area contributed by atoms with E-state index < -0.39 is 0 Å². The van der Waals surface area contributed by atoms with E-state index in [1.165, 1.54) is 12.8 Å². The normalized spacial score (nSPS) is 23.5. The Hall–Kier alpha value is -1.07. The van der Waals surface area contributed by atoms with Crippen molar-refractivity contribution in [3.63, 3.8) is 0 Å². The van der Waals surface area contributed by atoms with E-state index in [-0.39, 0.29) is 18.6 Å². The van der Waals surface area contributed by atoms with Gasteiger partial charge in [-0.15, -0.1) is 0 Å². The Labute approximate surface area is 159 Å². The highest BCUT2D eigenvalue weighted by Gasteiger charge is 2.31. The summed E-state index contributed by atoms with van der Waals surface area (Å²) in [5, 5.41) is 3.65. The van der Waals surface area contributed by atoms with Gasteiger partial charge in [-0.05, 0) is 42.7 Å². The molecular formula is C20H30BrNO3. The van der Waals surface area contributed by atoms with Gasteiger partial charge in [-0.2, -0.15) is 0 Å². The van der Waals surface area contributed by atoms with Crippen molar-refractivity contribution in [1.29, 1.82) is 0 Å². The summed E-state index contributed by atoms with van der Waals surface area (Å²) >= 11 is 3.34. The highest BCUT2D eigenvalue weighted by Crippen LogP contribution is 2.35. The van der Waals surface area contributed by atoms with Gasteiger partial charge in [0.15, 0.2) is 0 Å². The molecule has 1 saturated carbocycles. The second-order valence-electron chi connectivity index (χ2n) is 7.26. The first-order valence-electron chi connectivity index (χ1n) is 9.20. The molecule has 3 atom stereocenters. The monoisotopic (exact) mass is 411 g/mol. The van der Waals surface area contributed by atoms with E-state index >= 15 is 0 Å². The highest BCUT2D eigenvalue weighted by molar-refractivity contribution is 9.09. The van der Waals surface area contributed by atoms with Gasteiger partial charge in [0.2, 0.25) is 5.91 Å². The number of amides is 1. The quantitative estimate of drug-likeness (QED) is 0.620. The average molecular weight is 412 g/mol. The summed E-state index contributed by atoms with van der Waals surface area (Å²) in [6.07, 6.45) is 3.66. The van der Waals surface area contributed by atoms with Crippen LogP contribution in [0.4, 0.5) is 5.69 Å². The fourth-order valence-electron chi connectivity index (χ4n) is 3.52. The second-order valence-corrected chi connectivity index (χ2v) is 8.05. The van der Waals surface area contributed by atoms with Crippen LogP contribution in [0.2, 0.25) is 0 Å². The highest BCUT2D eigenvalue weighted by atomic mass is 79.9. The molecule has 2 rings (SSSR count). The molecule has 0 radical (unpaired) electrons. The minimum atomic E-state index is -0.129. The number of hydrogen-bond acceptors (Lipinski definition) is 3. The van der Waals surface area contributed by atoms with E-state index in [1.807, 2.05) is 24.3 Å². The van der Waals surface area contributed by atoms with Crippen LogP contribution < -0.4 is 10.1 Å². The van der Waals surface area contributed by atoms with Gasteiger partial charge in [0, 0.05) is 5.33 Å². The zero-order valence-electron chi connectivity index (χ0n) is 15.5. The molecule has 0 aliphatic heterocycles. The predicted octanol–water partition coefficient (Wildman–Crippen LogP) is 4.88. The summed E-state index contributed by atoms with van der Waals surface area (Å²) in [6.45, 7) is 7.40. The first-order valence-corrected chi connectivity index (χ1v) is 10.3. The Bertz CT molecular complexity index is 549. The van der Waals surface area contributed by atoms with Crippen LogP contribution in [0.15, 0.2) is 24.3 Å². The van der Waals surface area contributed by atoms with Crippen molar-refractivity contribution in [2.45, 2.75) is 46.1 Å². The first-order chi connectivity index (χ1) is 12.0. The number of ether oxygens (including phenoxy) is 2. The predicted molar refractivity (Wildman–Crippen MR) is 105 cm³/mol. The standard InChI is InChI=1S/C20H30BrNO3/c1-14(2)16-9-8-15(3)12-19(16)25-13-20(23)22-17-6-4-5-7-18(17)24-11-10-21/h4-7,14-16,19H,8-13H2,1-3H3,(H,22,23)/t15-,16+,19-/m1/s1. The molecule has 0 aromatic heterocycles. The third kappa shape index (κ3) is 6.30. The molecule has 0 heterocycles. The van der Waals surface area contributed by atoms with Crippen molar-refractivity contribution < 1.29 is 14.3 Å². The van der Waals surface area contributed by atoms with Gasteiger partial charge in [-0.25, -0.2) is 0 Å². The van der Waals surface area contributed by atoms with Crippen LogP contribution in [0.5, 0.6) is 5.75 Å². The number of carbonyl (C=O) groups is 1. The van der Waals surface area contributed by atoms with Gasteiger partial charge in [-0.3, -0.25) is 4.79 Å². The fraction of sp³-hybridized carbons (Fsp3) is 0.650. The lowest BCUT2D eigenvalue weighted by Crippen LogP contribution is -2.36. The van der Waals surface area contributed by atoms with Crippen molar-refractivity contribution >= 4 is 27.5 Å². The third-order valence-corrected chi connectivity index (χ3v) is 5.21. The molecule has 1 N–H and O–H groups in total. The van der Waals surface area contributed by atoms with E-state index in [0.717, 1.165) is 11.8 Å². The first kappa shape index (κ1) is 20.2. The van der Waals surface area contributed by atoms with Crippen molar-refractivity contribution in [1.82, 2.24) is 0 Å². The zero-order chi connectivity index (χ0) is 18.2. The summed E-state index contributed by atoms with van der Waals surface area (Å²) in [5.74, 6) is 2.34. The number of anilines is 1. The number of halogens is 1. The smallest absolute Gasteiger partial charge is 0.250 e. The molecule has 0 bridgehead atoms. The molecule has 5 heteroatoms. The number of rotatable bonds is 8. The lowest BCUT2D eigenvalue weighted by Gasteiger charge is -2.37. The van der Waals surface area contributed by atoms with Crippen molar-refractivity contribution in [3.05, 3.63) is 24.3 Å². The van der Waals surface area contributed by atoms with Crippen molar-refractivity contribution in [2.24, 2.45) is 17.8 Å². The van der Waals surface area contributed by atoms with Gasteiger partial charge < -0.3 is 14.8 Å². The lowest BCUT2D eigenvalue weighted by molar-refractivity contribution is -0.126. The molecule has 25 heavy (non-hydrogen) atoms. The molecule has 0 unspecified atom stereocenters. The Morgan fingerprint density at radius 3 is 2.80 bits per heavy atom. The number of alkyl halides is 1. The summed E-state index contributed by atoms with van der Waals surface area (Å²) in [5.41, 5.74) is 0.689. The molecule has 0 saturated heterocycles. The molecule has 1 aliphatic rings. The largest absolute Gasteiger partial charge is 0.491 e. The van der Waals surface area contributed by atoms with Crippen LogP contribution in [-0.4, -0.2) is 30.6 Å².